The lowest BCUT2D eigenvalue weighted by atomic mass is 10.2. The van der Waals surface area contributed by atoms with Gasteiger partial charge in [0.1, 0.15) is 5.75 Å². The van der Waals surface area contributed by atoms with Gasteiger partial charge in [0.25, 0.3) is 0 Å². The van der Waals surface area contributed by atoms with Crippen molar-refractivity contribution in [1.82, 2.24) is 0 Å². The molecule has 112 valence electrons. The van der Waals surface area contributed by atoms with Crippen LogP contribution in [0.5, 0.6) is 17.2 Å². The second-order valence-electron chi connectivity index (χ2n) is 4.44. The van der Waals surface area contributed by atoms with E-state index < -0.39 is 0 Å². The molecule has 4 nitrogen and oxygen atoms in total. The van der Waals surface area contributed by atoms with Gasteiger partial charge in [-0.1, -0.05) is 0 Å². The number of methoxy groups -OCH3 is 1. The Morgan fingerprint density at radius 2 is 1.90 bits per heavy atom. The van der Waals surface area contributed by atoms with Crippen LogP contribution in [0, 0.1) is 0 Å². The maximum atomic E-state index is 9.89. The maximum absolute atomic E-state index is 9.89. The minimum atomic E-state index is 0.130. The summed E-state index contributed by atoms with van der Waals surface area (Å²) in [6.45, 7) is 3.02. The smallest absolute Gasteiger partial charge is 0.172 e. The molecule has 0 unspecified atom stereocenters. The number of ether oxygens (including phenoxy) is 2. The van der Waals surface area contributed by atoms with E-state index in [2.05, 4.69) is 21.2 Å². The zero-order valence-corrected chi connectivity index (χ0v) is 13.6. The van der Waals surface area contributed by atoms with E-state index in [1.165, 1.54) is 0 Å². The van der Waals surface area contributed by atoms with E-state index in [0.717, 1.165) is 17.0 Å². The van der Waals surface area contributed by atoms with Crippen molar-refractivity contribution in [2.75, 3.05) is 19.0 Å². The first-order valence-corrected chi connectivity index (χ1v) is 7.45. The molecule has 0 spiro atoms. The van der Waals surface area contributed by atoms with E-state index in [1.807, 2.05) is 43.3 Å². The van der Waals surface area contributed by atoms with Crippen LogP contribution in [-0.2, 0) is 6.54 Å². The number of halogens is 1. The lowest BCUT2D eigenvalue weighted by Crippen LogP contribution is -2.01. The van der Waals surface area contributed by atoms with E-state index in [9.17, 15) is 5.11 Å². The Labute approximate surface area is 132 Å². The molecule has 2 N–H and O–H groups in total. The van der Waals surface area contributed by atoms with Gasteiger partial charge in [-0.15, -0.1) is 0 Å². The van der Waals surface area contributed by atoms with Crippen LogP contribution in [0.3, 0.4) is 0 Å². The highest BCUT2D eigenvalue weighted by atomic mass is 79.9. The summed E-state index contributed by atoms with van der Waals surface area (Å²) >= 11 is 3.34. The first kappa shape index (κ1) is 15.5. The van der Waals surface area contributed by atoms with Gasteiger partial charge < -0.3 is 19.9 Å². The number of benzene rings is 2. The monoisotopic (exact) mass is 351 g/mol. The number of rotatable bonds is 6. The average Bonchev–Trinajstić information content (AvgIpc) is 2.50. The predicted molar refractivity (Wildman–Crippen MR) is 87.3 cm³/mol. The number of hydrogen-bond acceptors (Lipinski definition) is 4. The van der Waals surface area contributed by atoms with Crippen LogP contribution in [0.2, 0.25) is 0 Å². The fraction of sp³-hybridized carbons (Fsp3) is 0.250. The minimum Gasteiger partial charge on any atom is -0.503 e. The second kappa shape index (κ2) is 7.22. The molecule has 0 aromatic heterocycles. The molecule has 0 aliphatic rings. The third-order valence-electron chi connectivity index (χ3n) is 2.97. The Kier molecular flexibility index (Phi) is 5.33. The topological polar surface area (TPSA) is 50.7 Å². The Bertz CT molecular complexity index is 599. The van der Waals surface area contributed by atoms with Crippen LogP contribution < -0.4 is 14.8 Å². The normalized spacial score (nSPS) is 10.2. The van der Waals surface area contributed by atoms with Crippen LogP contribution in [0.1, 0.15) is 12.5 Å². The third-order valence-corrected chi connectivity index (χ3v) is 3.58. The zero-order chi connectivity index (χ0) is 15.2. The summed E-state index contributed by atoms with van der Waals surface area (Å²) in [6, 6.07) is 11.4. The van der Waals surface area contributed by atoms with Gasteiger partial charge in [0.05, 0.1) is 18.2 Å². The Morgan fingerprint density at radius 3 is 2.52 bits per heavy atom. The molecule has 0 saturated heterocycles. The highest BCUT2D eigenvalue weighted by Crippen LogP contribution is 2.35. The quantitative estimate of drug-likeness (QED) is 0.819. The van der Waals surface area contributed by atoms with Gasteiger partial charge in [0.2, 0.25) is 0 Å². The molecular weight excluding hydrogens is 334 g/mol. The number of phenols is 1. The minimum absolute atomic E-state index is 0.130. The van der Waals surface area contributed by atoms with Gasteiger partial charge in [-0.2, -0.15) is 0 Å². The first-order valence-electron chi connectivity index (χ1n) is 6.66. The number of nitrogens with one attached hydrogen (secondary N) is 1. The summed E-state index contributed by atoms with van der Waals surface area (Å²) in [5.74, 6) is 1.44. The Balaban J connectivity index is 2.08. The summed E-state index contributed by atoms with van der Waals surface area (Å²) in [4.78, 5) is 0. The lowest BCUT2D eigenvalue weighted by Gasteiger charge is -2.12. The number of hydrogen-bond donors (Lipinski definition) is 2. The van der Waals surface area contributed by atoms with E-state index >= 15 is 0 Å². The average molecular weight is 352 g/mol. The summed E-state index contributed by atoms with van der Waals surface area (Å²) in [5, 5.41) is 13.2. The van der Waals surface area contributed by atoms with Crippen LogP contribution >= 0.6 is 15.9 Å². The second-order valence-corrected chi connectivity index (χ2v) is 5.29. The molecule has 0 radical (unpaired) electrons. The summed E-state index contributed by atoms with van der Waals surface area (Å²) in [5.41, 5.74) is 2.01. The van der Waals surface area contributed by atoms with Crippen molar-refractivity contribution in [3.8, 4) is 17.2 Å². The predicted octanol–water partition coefficient (Wildman–Crippen LogP) is 4.17. The molecule has 0 aliphatic heterocycles. The molecule has 5 heteroatoms. The molecule has 0 fully saturated rings. The number of phenolic OH excluding ortho intramolecular Hbond substituents is 1. The molecule has 2 aromatic rings. The van der Waals surface area contributed by atoms with Crippen molar-refractivity contribution in [2.24, 2.45) is 0 Å². The molecule has 0 saturated carbocycles. The molecule has 0 atom stereocenters. The van der Waals surface area contributed by atoms with E-state index in [1.54, 1.807) is 7.11 Å². The van der Waals surface area contributed by atoms with Crippen molar-refractivity contribution in [3.63, 3.8) is 0 Å². The van der Waals surface area contributed by atoms with Crippen molar-refractivity contribution in [1.29, 1.82) is 0 Å². The SMILES string of the molecule is CCOc1cc(CNc2ccc(OC)cc2)cc(Br)c1O. The van der Waals surface area contributed by atoms with Crippen LogP contribution in [-0.4, -0.2) is 18.8 Å². The largest absolute Gasteiger partial charge is 0.503 e. The summed E-state index contributed by atoms with van der Waals surface area (Å²) in [7, 11) is 1.64. The van der Waals surface area contributed by atoms with Crippen molar-refractivity contribution >= 4 is 21.6 Å². The van der Waals surface area contributed by atoms with E-state index in [0.29, 0.717) is 23.4 Å². The van der Waals surface area contributed by atoms with Gasteiger partial charge in [0, 0.05) is 12.2 Å². The van der Waals surface area contributed by atoms with Crippen LogP contribution in [0.15, 0.2) is 40.9 Å². The lowest BCUT2D eigenvalue weighted by molar-refractivity contribution is 0.317. The van der Waals surface area contributed by atoms with Crippen molar-refractivity contribution < 1.29 is 14.6 Å². The van der Waals surface area contributed by atoms with Gasteiger partial charge in [-0.25, -0.2) is 0 Å². The third kappa shape index (κ3) is 4.04. The first-order chi connectivity index (χ1) is 10.1. The van der Waals surface area contributed by atoms with Gasteiger partial charge in [0.15, 0.2) is 11.5 Å². The molecular formula is C16H18BrNO3. The Morgan fingerprint density at radius 1 is 1.19 bits per heavy atom. The molecule has 0 amide bonds. The molecule has 2 rings (SSSR count). The highest BCUT2D eigenvalue weighted by molar-refractivity contribution is 9.10. The summed E-state index contributed by atoms with van der Waals surface area (Å²) in [6.07, 6.45) is 0. The van der Waals surface area contributed by atoms with Crippen LogP contribution in [0.4, 0.5) is 5.69 Å². The van der Waals surface area contributed by atoms with Gasteiger partial charge in [-0.05, 0) is 64.8 Å². The van der Waals surface area contributed by atoms with E-state index in [4.69, 9.17) is 9.47 Å². The molecule has 0 aliphatic carbocycles. The fourth-order valence-corrected chi connectivity index (χ4v) is 2.40. The number of aromatic hydroxyl groups is 1. The number of anilines is 1. The molecule has 0 heterocycles. The Hall–Kier alpha value is -1.88. The van der Waals surface area contributed by atoms with Gasteiger partial charge >= 0.3 is 0 Å². The van der Waals surface area contributed by atoms with Gasteiger partial charge in [-0.3, -0.25) is 0 Å². The standard InChI is InChI=1S/C16H18BrNO3/c1-3-21-15-9-11(8-14(17)16(15)19)10-18-12-4-6-13(20-2)7-5-12/h4-9,18-19H,3,10H2,1-2H3. The summed E-state index contributed by atoms with van der Waals surface area (Å²) < 4.78 is 11.2. The molecule has 21 heavy (non-hydrogen) atoms. The van der Waals surface area contributed by atoms with Crippen LogP contribution in [0.25, 0.3) is 0 Å². The van der Waals surface area contributed by atoms with Crippen molar-refractivity contribution in [2.45, 2.75) is 13.5 Å². The molecule has 0 bridgehead atoms. The highest BCUT2D eigenvalue weighted by Gasteiger charge is 2.09. The fourth-order valence-electron chi connectivity index (χ4n) is 1.91. The zero-order valence-electron chi connectivity index (χ0n) is 12.0. The maximum Gasteiger partial charge on any atom is 0.172 e. The van der Waals surface area contributed by atoms with Crippen molar-refractivity contribution in [3.05, 3.63) is 46.4 Å². The van der Waals surface area contributed by atoms with E-state index in [-0.39, 0.29) is 5.75 Å². The molecule has 2 aromatic carbocycles.